The van der Waals surface area contributed by atoms with Gasteiger partial charge < -0.3 is 5.32 Å². The van der Waals surface area contributed by atoms with Gasteiger partial charge in [-0.2, -0.15) is 5.10 Å². The summed E-state index contributed by atoms with van der Waals surface area (Å²) in [4.78, 5) is 24.3. The molecule has 1 aromatic carbocycles. The lowest BCUT2D eigenvalue weighted by Crippen LogP contribution is -2.23. The minimum Gasteiger partial charge on any atom is -0.302 e. The first-order valence-electron chi connectivity index (χ1n) is 7.73. The molecule has 0 spiro atoms. The molecule has 0 unspecified atom stereocenters. The smallest absolute Gasteiger partial charge is 0.297 e. The van der Waals surface area contributed by atoms with Crippen molar-refractivity contribution < 1.29 is 9.59 Å². The van der Waals surface area contributed by atoms with Gasteiger partial charge >= 0.3 is 0 Å². The molecule has 0 atom stereocenters. The van der Waals surface area contributed by atoms with Gasteiger partial charge in [-0.3, -0.25) is 14.7 Å². The van der Waals surface area contributed by atoms with E-state index in [1.807, 2.05) is 18.2 Å². The normalized spacial score (nSPS) is 16.4. The zero-order valence-electron chi connectivity index (χ0n) is 12.2. The molecule has 1 fully saturated rings. The van der Waals surface area contributed by atoms with Crippen LogP contribution in [0.15, 0.2) is 24.3 Å². The van der Waals surface area contributed by atoms with Crippen LogP contribution in [0, 0.1) is 0 Å². The van der Waals surface area contributed by atoms with Gasteiger partial charge in [0.15, 0.2) is 5.82 Å². The SMILES string of the molecule is O=C(Nc1cc(C2CC2)[nH]n1)C(=O)c1ccc2c(c1)CCC2. The van der Waals surface area contributed by atoms with Gasteiger partial charge in [-0.25, -0.2) is 0 Å². The Morgan fingerprint density at radius 1 is 1.14 bits per heavy atom. The predicted octanol–water partition coefficient (Wildman–Crippen LogP) is 2.60. The fraction of sp³-hybridized carbons (Fsp3) is 0.353. The second kappa shape index (κ2) is 5.09. The fourth-order valence-electron chi connectivity index (χ4n) is 3.02. The Balaban J connectivity index is 1.48. The maximum Gasteiger partial charge on any atom is 0.297 e. The van der Waals surface area contributed by atoms with Crippen molar-refractivity contribution in [1.82, 2.24) is 10.2 Å². The molecule has 22 heavy (non-hydrogen) atoms. The number of hydrogen-bond acceptors (Lipinski definition) is 3. The van der Waals surface area contributed by atoms with E-state index in [1.165, 1.54) is 11.1 Å². The Kier molecular flexibility index (Phi) is 3.06. The number of benzene rings is 1. The van der Waals surface area contributed by atoms with Gasteiger partial charge in [-0.1, -0.05) is 12.1 Å². The lowest BCUT2D eigenvalue weighted by Gasteiger charge is -2.04. The summed E-state index contributed by atoms with van der Waals surface area (Å²) in [6, 6.07) is 7.37. The van der Waals surface area contributed by atoms with E-state index in [4.69, 9.17) is 0 Å². The van der Waals surface area contributed by atoms with E-state index in [-0.39, 0.29) is 0 Å². The highest BCUT2D eigenvalue weighted by atomic mass is 16.2. The molecule has 1 aromatic heterocycles. The van der Waals surface area contributed by atoms with Crippen LogP contribution in [0.1, 0.15) is 52.4 Å². The highest BCUT2D eigenvalue weighted by Crippen LogP contribution is 2.39. The second-order valence-corrected chi connectivity index (χ2v) is 6.10. The number of carbonyl (C=O) groups is 2. The first-order chi connectivity index (χ1) is 10.7. The monoisotopic (exact) mass is 295 g/mol. The molecule has 1 heterocycles. The van der Waals surface area contributed by atoms with Crippen LogP contribution < -0.4 is 5.32 Å². The van der Waals surface area contributed by atoms with E-state index in [0.717, 1.165) is 37.8 Å². The number of hydrogen-bond donors (Lipinski definition) is 2. The number of amides is 1. The number of ketones is 1. The molecule has 1 saturated carbocycles. The zero-order chi connectivity index (χ0) is 15.1. The lowest BCUT2D eigenvalue weighted by atomic mass is 10.0. The number of nitrogens with zero attached hydrogens (tertiary/aromatic N) is 1. The van der Waals surface area contributed by atoms with Crippen molar-refractivity contribution >= 4 is 17.5 Å². The molecule has 2 aliphatic carbocycles. The number of aromatic amines is 1. The second-order valence-electron chi connectivity index (χ2n) is 6.10. The van der Waals surface area contributed by atoms with Crippen LogP contribution in [0.4, 0.5) is 5.82 Å². The Hall–Kier alpha value is -2.43. The first-order valence-corrected chi connectivity index (χ1v) is 7.73. The molecule has 5 nitrogen and oxygen atoms in total. The van der Waals surface area contributed by atoms with Crippen LogP contribution in [-0.2, 0) is 17.6 Å². The molecule has 0 saturated heterocycles. The third-order valence-corrected chi connectivity index (χ3v) is 4.42. The molecule has 0 aliphatic heterocycles. The van der Waals surface area contributed by atoms with Crippen molar-refractivity contribution in [3.63, 3.8) is 0 Å². The third-order valence-electron chi connectivity index (χ3n) is 4.42. The Morgan fingerprint density at radius 3 is 2.77 bits per heavy atom. The predicted molar refractivity (Wildman–Crippen MR) is 82.0 cm³/mol. The summed E-state index contributed by atoms with van der Waals surface area (Å²) < 4.78 is 0. The van der Waals surface area contributed by atoms with Gasteiger partial charge in [-0.15, -0.1) is 0 Å². The Bertz CT molecular complexity index is 759. The third kappa shape index (κ3) is 2.43. The van der Waals surface area contributed by atoms with Crippen molar-refractivity contribution in [2.75, 3.05) is 5.32 Å². The number of carbonyl (C=O) groups excluding carboxylic acids is 2. The van der Waals surface area contributed by atoms with Crippen molar-refractivity contribution in [3.05, 3.63) is 46.6 Å². The number of rotatable bonds is 4. The Morgan fingerprint density at radius 2 is 1.95 bits per heavy atom. The molecular weight excluding hydrogens is 278 g/mol. The van der Waals surface area contributed by atoms with Gasteiger partial charge in [0.2, 0.25) is 0 Å². The van der Waals surface area contributed by atoms with Crippen LogP contribution in [0.25, 0.3) is 0 Å². The quantitative estimate of drug-likeness (QED) is 0.672. The lowest BCUT2D eigenvalue weighted by molar-refractivity contribution is -0.112. The van der Waals surface area contributed by atoms with E-state index < -0.39 is 11.7 Å². The van der Waals surface area contributed by atoms with E-state index >= 15 is 0 Å². The van der Waals surface area contributed by atoms with Crippen LogP contribution in [0.3, 0.4) is 0 Å². The number of nitrogens with one attached hydrogen (secondary N) is 2. The molecule has 0 radical (unpaired) electrons. The average molecular weight is 295 g/mol. The van der Waals surface area contributed by atoms with E-state index in [9.17, 15) is 9.59 Å². The molecule has 4 rings (SSSR count). The van der Waals surface area contributed by atoms with E-state index in [2.05, 4.69) is 15.5 Å². The summed E-state index contributed by atoms with van der Waals surface area (Å²) in [6.07, 6.45) is 5.49. The summed E-state index contributed by atoms with van der Waals surface area (Å²) in [6.45, 7) is 0. The van der Waals surface area contributed by atoms with Gasteiger partial charge in [0.1, 0.15) is 0 Å². The molecule has 1 amide bonds. The van der Waals surface area contributed by atoms with Crippen LogP contribution in [-0.4, -0.2) is 21.9 Å². The molecule has 2 N–H and O–H groups in total. The minimum atomic E-state index is -0.633. The number of aromatic nitrogens is 2. The number of H-pyrrole nitrogens is 1. The highest BCUT2D eigenvalue weighted by Gasteiger charge is 2.26. The molecule has 112 valence electrons. The highest BCUT2D eigenvalue weighted by molar-refractivity contribution is 6.46. The molecule has 2 aliphatic rings. The molecule has 2 aromatic rings. The zero-order valence-corrected chi connectivity index (χ0v) is 12.2. The van der Waals surface area contributed by atoms with Gasteiger partial charge in [0.25, 0.3) is 11.7 Å². The summed E-state index contributed by atoms with van der Waals surface area (Å²) in [5.74, 6) is -0.190. The first kappa shape index (κ1) is 13.2. The number of fused-ring (bicyclic) bond motifs is 1. The van der Waals surface area contributed by atoms with Crippen LogP contribution in [0.5, 0.6) is 0 Å². The molecule has 5 heteroatoms. The Labute approximate surface area is 128 Å². The summed E-state index contributed by atoms with van der Waals surface area (Å²) in [5.41, 5.74) is 3.96. The van der Waals surface area contributed by atoms with E-state index in [0.29, 0.717) is 17.3 Å². The largest absolute Gasteiger partial charge is 0.302 e. The van der Waals surface area contributed by atoms with Crippen molar-refractivity contribution in [3.8, 4) is 0 Å². The molecule has 0 bridgehead atoms. The number of aryl methyl sites for hydroxylation is 2. The number of anilines is 1. The minimum absolute atomic E-state index is 0.418. The summed E-state index contributed by atoms with van der Waals surface area (Å²) >= 11 is 0. The van der Waals surface area contributed by atoms with Crippen LogP contribution >= 0.6 is 0 Å². The molecular formula is C17H17N3O2. The van der Waals surface area contributed by atoms with Gasteiger partial charge in [0, 0.05) is 23.2 Å². The number of Topliss-reactive ketones (excluding diaryl/α,β-unsaturated/α-hetero) is 1. The standard InChI is InChI=1S/C17H17N3O2/c21-16(13-7-4-10-2-1-3-12(10)8-13)17(22)18-15-9-14(19-20-15)11-5-6-11/h4,7-9,11H,1-3,5-6H2,(H2,18,19,20,22). The van der Waals surface area contributed by atoms with Crippen molar-refractivity contribution in [2.45, 2.75) is 38.0 Å². The fourth-order valence-corrected chi connectivity index (χ4v) is 3.02. The topological polar surface area (TPSA) is 74.8 Å². The maximum absolute atomic E-state index is 12.3. The van der Waals surface area contributed by atoms with Crippen LogP contribution in [0.2, 0.25) is 0 Å². The summed E-state index contributed by atoms with van der Waals surface area (Å²) in [7, 11) is 0. The van der Waals surface area contributed by atoms with Gasteiger partial charge in [0.05, 0.1) is 0 Å². The van der Waals surface area contributed by atoms with Crippen molar-refractivity contribution in [2.24, 2.45) is 0 Å². The maximum atomic E-state index is 12.3. The van der Waals surface area contributed by atoms with Crippen molar-refractivity contribution in [1.29, 1.82) is 0 Å². The van der Waals surface area contributed by atoms with Gasteiger partial charge in [-0.05, 0) is 49.3 Å². The van der Waals surface area contributed by atoms with E-state index in [1.54, 1.807) is 6.07 Å². The average Bonchev–Trinajstić information content (AvgIpc) is 3.09. The summed E-state index contributed by atoms with van der Waals surface area (Å²) in [5, 5.41) is 9.53.